The molecule has 1 aliphatic rings. The number of amides is 1. The van der Waals surface area contributed by atoms with E-state index in [2.05, 4.69) is 30.1 Å². The fraction of sp³-hybridized carbons (Fsp3) is 0.308. The van der Waals surface area contributed by atoms with Crippen LogP contribution < -0.4 is 4.74 Å². The Kier molecular flexibility index (Phi) is 5.65. The SMILES string of the molecule is COc1cc(Cc2nc3c(C4=CCN(C(C)=O)CC4)cc(C)cn3n2)ccc1-n1cnc(C)c1. The molecule has 1 aromatic carbocycles. The maximum atomic E-state index is 11.7. The molecule has 0 bridgehead atoms. The molecular formula is C26H28N6O2. The smallest absolute Gasteiger partial charge is 0.219 e. The van der Waals surface area contributed by atoms with E-state index in [4.69, 9.17) is 14.8 Å². The van der Waals surface area contributed by atoms with Gasteiger partial charge in [-0.25, -0.2) is 14.5 Å². The number of fused-ring (bicyclic) bond motifs is 1. The van der Waals surface area contributed by atoms with Crippen molar-refractivity contribution in [2.45, 2.75) is 33.6 Å². The number of hydrogen-bond donors (Lipinski definition) is 0. The van der Waals surface area contributed by atoms with Crippen molar-refractivity contribution in [3.63, 3.8) is 0 Å². The molecule has 0 fully saturated rings. The molecule has 4 heterocycles. The van der Waals surface area contributed by atoms with Crippen LogP contribution in [-0.4, -0.2) is 55.2 Å². The van der Waals surface area contributed by atoms with E-state index in [9.17, 15) is 4.79 Å². The van der Waals surface area contributed by atoms with Gasteiger partial charge in [-0.1, -0.05) is 12.1 Å². The Hall–Kier alpha value is -3.94. The molecule has 1 amide bonds. The van der Waals surface area contributed by atoms with E-state index < -0.39 is 0 Å². The summed E-state index contributed by atoms with van der Waals surface area (Å²) >= 11 is 0. The second-order valence-corrected chi connectivity index (χ2v) is 8.78. The summed E-state index contributed by atoms with van der Waals surface area (Å²) in [6.45, 7) is 7.01. The highest BCUT2D eigenvalue weighted by Gasteiger charge is 2.19. The minimum atomic E-state index is 0.110. The zero-order valence-electron chi connectivity index (χ0n) is 19.9. The van der Waals surface area contributed by atoms with Crippen molar-refractivity contribution in [3.05, 3.63) is 77.3 Å². The van der Waals surface area contributed by atoms with Crippen molar-refractivity contribution < 1.29 is 9.53 Å². The molecule has 34 heavy (non-hydrogen) atoms. The highest BCUT2D eigenvalue weighted by molar-refractivity contribution is 5.79. The average Bonchev–Trinajstić information content (AvgIpc) is 3.44. The van der Waals surface area contributed by atoms with Crippen LogP contribution in [0.3, 0.4) is 0 Å². The van der Waals surface area contributed by atoms with E-state index >= 15 is 0 Å². The van der Waals surface area contributed by atoms with Crippen LogP contribution >= 0.6 is 0 Å². The summed E-state index contributed by atoms with van der Waals surface area (Å²) < 4.78 is 9.49. The summed E-state index contributed by atoms with van der Waals surface area (Å²) in [5, 5.41) is 4.76. The van der Waals surface area contributed by atoms with Crippen LogP contribution in [0.4, 0.5) is 0 Å². The largest absolute Gasteiger partial charge is 0.495 e. The topological polar surface area (TPSA) is 77.5 Å². The van der Waals surface area contributed by atoms with Crippen molar-refractivity contribution in [2.75, 3.05) is 20.2 Å². The molecule has 0 radical (unpaired) electrons. The minimum absolute atomic E-state index is 0.110. The second kappa shape index (κ2) is 8.78. The van der Waals surface area contributed by atoms with Crippen LogP contribution in [0.1, 0.15) is 41.6 Å². The normalized spacial score (nSPS) is 13.9. The molecule has 174 valence electrons. The average molecular weight is 457 g/mol. The van der Waals surface area contributed by atoms with E-state index in [-0.39, 0.29) is 5.91 Å². The zero-order valence-corrected chi connectivity index (χ0v) is 19.9. The summed E-state index contributed by atoms with van der Waals surface area (Å²) in [7, 11) is 1.68. The van der Waals surface area contributed by atoms with E-state index in [1.54, 1.807) is 20.4 Å². The van der Waals surface area contributed by atoms with E-state index in [1.807, 2.05) is 45.4 Å². The number of carbonyl (C=O) groups excluding carboxylic acids is 1. The lowest BCUT2D eigenvalue weighted by molar-refractivity contribution is -0.128. The third-order valence-corrected chi connectivity index (χ3v) is 6.21. The molecule has 0 unspecified atom stereocenters. The van der Waals surface area contributed by atoms with Crippen LogP contribution in [0, 0.1) is 13.8 Å². The molecule has 0 aliphatic carbocycles. The number of nitrogens with zero attached hydrogens (tertiary/aromatic N) is 6. The van der Waals surface area contributed by atoms with Gasteiger partial charge in [-0.3, -0.25) is 4.79 Å². The molecule has 0 saturated carbocycles. The molecule has 5 rings (SSSR count). The molecule has 8 nitrogen and oxygen atoms in total. The predicted octanol–water partition coefficient (Wildman–Crippen LogP) is 3.77. The van der Waals surface area contributed by atoms with E-state index in [0.717, 1.165) is 58.3 Å². The number of benzene rings is 1. The number of aryl methyl sites for hydroxylation is 2. The lowest BCUT2D eigenvalue weighted by Gasteiger charge is -2.25. The third-order valence-electron chi connectivity index (χ3n) is 6.21. The highest BCUT2D eigenvalue weighted by Crippen LogP contribution is 2.28. The monoisotopic (exact) mass is 456 g/mol. The Morgan fingerprint density at radius 3 is 2.71 bits per heavy atom. The minimum Gasteiger partial charge on any atom is -0.495 e. The number of carbonyl (C=O) groups is 1. The number of aromatic nitrogens is 5. The first kappa shape index (κ1) is 21.9. The number of imidazole rings is 1. The fourth-order valence-electron chi connectivity index (χ4n) is 4.46. The molecule has 1 aliphatic heterocycles. The van der Waals surface area contributed by atoms with E-state index in [0.29, 0.717) is 13.0 Å². The van der Waals surface area contributed by atoms with Crippen LogP contribution in [0.15, 0.2) is 49.1 Å². The quantitative estimate of drug-likeness (QED) is 0.457. The van der Waals surface area contributed by atoms with Crippen LogP contribution in [0.2, 0.25) is 0 Å². The van der Waals surface area contributed by atoms with Crippen LogP contribution in [0.5, 0.6) is 5.75 Å². The number of rotatable bonds is 5. The van der Waals surface area contributed by atoms with Crippen molar-refractivity contribution in [1.29, 1.82) is 0 Å². The van der Waals surface area contributed by atoms with Gasteiger partial charge in [0.25, 0.3) is 0 Å². The van der Waals surface area contributed by atoms with Gasteiger partial charge in [0.05, 0.1) is 24.8 Å². The Bertz CT molecular complexity index is 1410. The van der Waals surface area contributed by atoms with E-state index in [1.165, 1.54) is 5.57 Å². The van der Waals surface area contributed by atoms with Crippen molar-refractivity contribution in [2.24, 2.45) is 0 Å². The molecular weight excluding hydrogens is 428 g/mol. The maximum absolute atomic E-state index is 11.7. The number of methoxy groups -OCH3 is 1. The first-order chi connectivity index (χ1) is 16.4. The predicted molar refractivity (Wildman–Crippen MR) is 130 cm³/mol. The summed E-state index contributed by atoms with van der Waals surface area (Å²) in [4.78, 5) is 22.7. The van der Waals surface area contributed by atoms with Gasteiger partial charge in [-0.05, 0) is 55.2 Å². The second-order valence-electron chi connectivity index (χ2n) is 8.78. The van der Waals surface area contributed by atoms with Gasteiger partial charge in [-0.15, -0.1) is 0 Å². The standard InChI is InChI=1S/C26H28N6O2/c1-17-11-22(21-7-9-30(10-8-21)19(3)33)26-28-25(29-32(26)14-17)13-20-5-6-23(24(12-20)34-4)31-15-18(2)27-16-31/h5-7,11-12,14-16H,8-10,13H2,1-4H3. The van der Waals surface area contributed by atoms with Gasteiger partial charge in [0.2, 0.25) is 5.91 Å². The van der Waals surface area contributed by atoms with Gasteiger partial charge >= 0.3 is 0 Å². The molecule has 0 spiro atoms. The van der Waals surface area contributed by atoms with Crippen LogP contribution in [-0.2, 0) is 11.2 Å². The first-order valence-electron chi connectivity index (χ1n) is 11.4. The van der Waals surface area contributed by atoms with Gasteiger partial charge in [-0.2, -0.15) is 5.10 Å². The van der Waals surface area contributed by atoms with Crippen molar-refractivity contribution >= 4 is 17.1 Å². The number of pyridine rings is 1. The van der Waals surface area contributed by atoms with Gasteiger partial charge < -0.3 is 14.2 Å². The first-order valence-corrected chi connectivity index (χ1v) is 11.4. The van der Waals surface area contributed by atoms with Crippen LogP contribution in [0.25, 0.3) is 16.9 Å². The molecule has 4 aromatic rings. The van der Waals surface area contributed by atoms with Crippen molar-refractivity contribution in [3.8, 4) is 11.4 Å². The Labute approximate surface area is 198 Å². The Morgan fingerprint density at radius 1 is 1.18 bits per heavy atom. The lowest BCUT2D eigenvalue weighted by Crippen LogP contribution is -2.32. The number of ether oxygens (including phenoxy) is 1. The molecule has 3 aromatic heterocycles. The summed E-state index contributed by atoms with van der Waals surface area (Å²) in [5.74, 6) is 1.64. The highest BCUT2D eigenvalue weighted by atomic mass is 16.5. The van der Waals surface area contributed by atoms with Gasteiger partial charge in [0.1, 0.15) is 5.75 Å². The molecule has 0 saturated heterocycles. The lowest BCUT2D eigenvalue weighted by atomic mass is 9.99. The number of hydrogen-bond acceptors (Lipinski definition) is 5. The molecule has 0 N–H and O–H groups in total. The fourth-order valence-corrected chi connectivity index (χ4v) is 4.46. The zero-order chi connectivity index (χ0) is 23.8. The van der Waals surface area contributed by atoms with Gasteiger partial charge in [0.15, 0.2) is 11.5 Å². The summed E-state index contributed by atoms with van der Waals surface area (Å²) in [6.07, 6.45) is 9.31. The summed E-state index contributed by atoms with van der Waals surface area (Å²) in [5.41, 5.74) is 7.23. The maximum Gasteiger partial charge on any atom is 0.219 e. The molecule has 8 heteroatoms. The Morgan fingerprint density at radius 2 is 2.03 bits per heavy atom. The van der Waals surface area contributed by atoms with Crippen molar-refractivity contribution in [1.82, 2.24) is 29.0 Å². The summed E-state index contributed by atoms with van der Waals surface area (Å²) in [6, 6.07) is 8.30. The Balaban J connectivity index is 1.45. The molecule has 0 atom stereocenters. The third kappa shape index (κ3) is 4.19. The van der Waals surface area contributed by atoms with Gasteiger partial charge in [0, 0.05) is 44.4 Å².